The second-order valence-corrected chi connectivity index (χ2v) is 3.49. The van der Waals surface area contributed by atoms with Gasteiger partial charge in [0.25, 0.3) is 0 Å². The predicted octanol–water partition coefficient (Wildman–Crippen LogP) is 1.71. The lowest BCUT2D eigenvalue weighted by Gasteiger charge is -2.18. The van der Waals surface area contributed by atoms with Crippen LogP contribution in [0, 0.1) is 0 Å². The number of anilines is 1. The van der Waals surface area contributed by atoms with E-state index in [9.17, 15) is 0 Å². The van der Waals surface area contributed by atoms with E-state index in [0.717, 1.165) is 24.3 Å². The van der Waals surface area contributed by atoms with Crippen LogP contribution < -0.4 is 10.9 Å². The number of fused-ring (bicyclic) bond motifs is 2. The number of hydrogen-bond donors (Lipinski definition) is 2. The summed E-state index contributed by atoms with van der Waals surface area (Å²) in [4.78, 5) is 4.54. The summed E-state index contributed by atoms with van der Waals surface area (Å²) in [6, 6.07) is 10.4. The summed E-state index contributed by atoms with van der Waals surface area (Å²) >= 11 is 0. The van der Waals surface area contributed by atoms with Gasteiger partial charge in [0.05, 0.1) is 5.52 Å². The molecule has 0 spiro atoms. The highest BCUT2D eigenvalue weighted by molar-refractivity contribution is 5.81. The summed E-state index contributed by atoms with van der Waals surface area (Å²) < 4.78 is 0. The Balaban J connectivity index is 2.27. The average molecular weight is 185 g/mol. The van der Waals surface area contributed by atoms with Crippen LogP contribution >= 0.6 is 0 Å². The molecule has 3 rings (SSSR count). The van der Waals surface area contributed by atoms with Gasteiger partial charge < -0.3 is 5.43 Å². The summed E-state index contributed by atoms with van der Waals surface area (Å²) in [7, 11) is 0. The zero-order valence-corrected chi connectivity index (χ0v) is 7.75. The highest BCUT2D eigenvalue weighted by Crippen LogP contribution is 2.21. The quantitative estimate of drug-likeness (QED) is 0.656. The molecule has 1 aromatic heterocycles. The fourth-order valence-electron chi connectivity index (χ4n) is 1.80. The van der Waals surface area contributed by atoms with Gasteiger partial charge in [-0.25, -0.2) is 10.4 Å². The van der Waals surface area contributed by atoms with Crippen LogP contribution in [0.2, 0.25) is 0 Å². The molecule has 2 heterocycles. The van der Waals surface area contributed by atoms with E-state index in [-0.39, 0.29) is 0 Å². The Morgan fingerprint density at radius 2 is 2.14 bits per heavy atom. The van der Waals surface area contributed by atoms with Gasteiger partial charge in [-0.15, -0.1) is 0 Å². The van der Waals surface area contributed by atoms with Gasteiger partial charge >= 0.3 is 0 Å². The van der Waals surface area contributed by atoms with E-state index in [1.165, 1.54) is 10.9 Å². The molecule has 1 aromatic carbocycles. The van der Waals surface area contributed by atoms with Crippen molar-refractivity contribution in [2.45, 2.75) is 6.42 Å². The molecule has 0 aliphatic carbocycles. The molecule has 0 saturated heterocycles. The van der Waals surface area contributed by atoms with E-state index in [4.69, 9.17) is 0 Å². The molecule has 70 valence electrons. The number of pyridine rings is 1. The van der Waals surface area contributed by atoms with Crippen LogP contribution in [0.1, 0.15) is 5.56 Å². The summed E-state index contributed by atoms with van der Waals surface area (Å²) in [5.74, 6) is 0.968. The normalized spacial score (nSPS) is 14.9. The lowest BCUT2D eigenvalue weighted by atomic mass is 10.1. The standard InChI is InChI=1S/C11H11N3/c1-2-4-10-8(3-1)7-9-5-6-12-14-11(9)13-10/h1-4,7,12H,5-6H2,(H,13,14). The van der Waals surface area contributed by atoms with Crippen LogP contribution in [0.25, 0.3) is 10.9 Å². The largest absolute Gasteiger partial charge is 0.306 e. The molecular formula is C11H11N3. The van der Waals surface area contributed by atoms with Gasteiger partial charge in [0, 0.05) is 11.9 Å². The molecule has 0 atom stereocenters. The first-order valence-electron chi connectivity index (χ1n) is 4.81. The molecule has 1 aliphatic rings. The van der Waals surface area contributed by atoms with E-state index < -0.39 is 0 Å². The lowest BCUT2D eigenvalue weighted by molar-refractivity contribution is 0.739. The number of rotatable bonds is 0. The molecule has 2 aromatic rings. The third-order valence-corrected chi connectivity index (χ3v) is 2.53. The van der Waals surface area contributed by atoms with Crippen LogP contribution in [0.4, 0.5) is 5.82 Å². The molecule has 0 radical (unpaired) electrons. The molecule has 0 unspecified atom stereocenters. The summed E-state index contributed by atoms with van der Waals surface area (Å²) in [5.41, 5.74) is 8.52. The molecule has 0 bridgehead atoms. The molecule has 3 nitrogen and oxygen atoms in total. The first kappa shape index (κ1) is 7.76. The summed E-state index contributed by atoms with van der Waals surface area (Å²) in [5, 5.41) is 1.22. The van der Waals surface area contributed by atoms with E-state index in [1.807, 2.05) is 18.2 Å². The van der Waals surface area contributed by atoms with Gasteiger partial charge in [-0.1, -0.05) is 18.2 Å². The van der Waals surface area contributed by atoms with Gasteiger partial charge in [0.2, 0.25) is 0 Å². The fraction of sp³-hybridized carbons (Fsp3) is 0.182. The number of nitrogens with one attached hydrogen (secondary N) is 2. The number of para-hydroxylation sites is 1. The minimum atomic E-state index is 0.965. The molecule has 14 heavy (non-hydrogen) atoms. The lowest BCUT2D eigenvalue weighted by Crippen LogP contribution is -2.30. The topological polar surface area (TPSA) is 37.0 Å². The number of hydrogen-bond acceptors (Lipinski definition) is 3. The van der Waals surface area contributed by atoms with E-state index in [0.29, 0.717) is 0 Å². The van der Waals surface area contributed by atoms with Crippen molar-refractivity contribution in [3.63, 3.8) is 0 Å². The second-order valence-electron chi connectivity index (χ2n) is 3.49. The first-order valence-corrected chi connectivity index (χ1v) is 4.81. The van der Waals surface area contributed by atoms with E-state index in [1.54, 1.807) is 0 Å². The molecule has 0 saturated carbocycles. The van der Waals surface area contributed by atoms with Crippen molar-refractivity contribution in [3.05, 3.63) is 35.9 Å². The number of aromatic nitrogens is 1. The minimum absolute atomic E-state index is 0.965. The van der Waals surface area contributed by atoms with E-state index in [2.05, 4.69) is 28.0 Å². The number of nitrogens with zero attached hydrogens (tertiary/aromatic N) is 1. The predicted molar refractivity (Wildman–Crippen MR) is 57.1 cm³/mol. The number of benzene rings is 1. The van der Waals surface area contributed by atoms with Gasteiger partial charge in [0.1, 0.15) is 5.82 Å². The SMILES string of the molecule is c1ccc2nc3c(cc2c1)CCNN3. The highest BCUT2D eigenvalue weighted by Gasteiger charge is 2.09. The minimum Gasteiger partial charge on any atom is -0.306 e. The van der Waals surface area contributed by atoms with Crippen molar-refractivity contribution >= 4 is 16.7 Å². The Kier molecular flexibility index (Phi) is 1.64. The zero-order chi connectivity index (χ0) is 9.38. The maximum Gasteiger partial charge on any atom is 0.144 e. The Labute approximate surface area is 82.1 Å². The Hall–Kier alpha value is -1.61. The van der Waals surface area contributed by atoms with Crippen LogP contribution in [-0.2, 0) is 6.42 Å². The van der Waals surface area contributed by atoms with Crippen molar-refractivity contribution in [1.29, 1.82) is 0 Å². The van der Waals surface area contributed by atoms with E-state index >= 15 is 0 Å². The summed E-state index contributed by atoms with van der Waals surface area (Å²) in [6.07, 6.45) is 1.04. The first-order chi connectivity index (χ1) is 6.93. The summed E-state index contributed by atoms with van der Waals surface area (Å²) in [6.45, 7) is 0.965. The monoisotopic (exact) mass is 185 g/mol. The molecule has 1 aliphatic heterocycles. The van der Waals surface area contributed by atoms with Crippen molar-refractivity contribution < 1.29 is 0 Å². The molecular weight excluding hydrogens is 174 g/mol. The van der Waals surface area contributed by atoms with Crippen molar-refractivity contribution in [2.75, 3.05) is 12.0 Å². The Morgan fingerprint density at radius 3 is 3.14 bits per heavy atom. The van der Waals surface area contributed by atoms with Gasteiger partial charge in [-0.2, -0.15) is 0 Å². The second kappa shape index (κ2) is 2.96. The van der Waals surface area contributed by atoms with Crippen LogP contribution in [0.3, 0.4) is 0 Å². The fourth-order valence-corrected chi connectivity index (χ4v) is 1.80. The van der Waals surface area contributed by atoms with Crippen molar-refractivity contribution in [2.24, 2.45) is 0 Å². The molecule has 3 heteroatoms. The van der Waals surface area contributed by atoms with Crippen molar-refractivity contribution in [3.8, 4) is 0 Å². The third kappa shape index (κ3) is 1.14. The maximum absolute atomic E-state index is 4.54. The van der Waals surface area contributed by atoms with Gasteiger partial charge in [-0.05, 0) is 24.1 Å². The Bertz CT molecular complexity index is 434. The zero-order valence-electron chi connectivity index (χ0n) is 7.75. The van der Waals surface area contributed by atoms with Crippen molar-refractivity contribution in [1.82, 2.24) is 10.4 Å². The highest BCUT2D eigenvalue weighted by atomic mass is 15.4. The average Bonchev–Trinajstić information content (AvgIpc) is 2.26. The van der Waals surface area contributed by atoms with Crippen LogP contribution in [0.15, 0.2) is 30.3 Å². The molecule has 0 amide bonds. The third-order valence-electron chi connectivity index (χ3n) is 2.53. The van der Waals surface area contributed by atoms with Crippen LogP contribution in [-0.4, -0.2) is 11.5 Å². The van der Waals surface area contributed by atoms with Crippen LogP contribution in [0.5, 0.6) is 0 Å². The molecule has 2 N–H and O–H groups in total. The molecule has 0 fully saturated rings. The van der Waals surface area contributed by atoms with Gasteiger partial charge in [0.15, 0.2) is 0 Å². The van der Waals surface area contributed by atoms with Gasteiger partial charge in [-0.3, -0.25) is 0 Å². The maximum atomic E-state index is 4.54. The number of hydrazine groups is 1. The Morgan fingerprint density at radius 1 is 1.21 bits per heavy atom. The smallest absolute Gasteiger partial charge is 0.144 e.